The summed E-state index contributed by atoms with van der Waals surface area (Å²) in [7, 11) is 0. The highest BCUT2D eigenvalue weighted by molar-refractivity contribution is 4.47. The Hall–Kier alpha value is -0.160. The molecule has 0 amide bonds. The summed E-state index contributed by atoms with van der Waals surface area (Å²) in [6.07, 6.45) is -2.63. The van der Waals surface area contributed by atoms with Gasteiger partial charge in [-0.1, -0.05) is 0 Å². The molecule has 4 heteroatoms. The quantitative estimate of drug-likeness (QED) is 0.270. The summed E-state index contributed by atoms with van der Waals surface area (Å²) in [6, 6.07) is 0. The van der Waals surface area contributed by atoms with Gasteiger partial charge >= 0.3 is 0 Å². The van der Waals surface area contributed by atoms with Gasteiger partial charge in [0.15, 0.2) is 6.29 Å². The Morgan fingerprint density at radius 1 is 1.17 bits per heavy atom. The fourth-order valence-electron chi connectivity index (χ4n) is 0. The molecular weight excluding hydrogens is 84.0 g/mol. The summed E-state index contributed by atoms with van der Waals surface area (Å²) in [5.74, 6) is 0. The highest BCUT2D eigenvalue weighted by Gasteiger charge is 2.00. The Bertz CT molecular complexity index is 30.5. The van der Waals surface area contributed by atoms with E-state index in [2.05, 4.69) is 0 Å². The largest absolute Gasteiger partial charge is 0.366 e. The monoisotopic (exact) mass is 92.1 g/mol. The summed E-state index contributed by atoms with van der Waals surface area (Å²) in [4.78, 5) is 0. The average molecular weight is 92.1 g/mol. The van der Waals surface area contributed by atoms with E-state index in [9.17, 15) is 0 Å². The Morgan fingerprint density at radius 2 is 1.33 bits per heavy atom. The van der Waals surface area contributed by atoms with Crippen molar-refractivity contribution >= 4 is 0 Å². The first-order chi connectivity index (χ1) is 2.64. The minimum absolute atomic E-state index is 1.04. The zero-order chi connectivity index (χ0) is 5.15. The smallest absolute Gasteiger partial charge is 0.180 e. The van der Waals surface area contributed by atoms with E-state index in [-0.39, 0.29) is 0 Å². The van der Waals surface area contributed by atoms with Crippen LogP contribution in [0.5, 0.6) is 0 Å². The van der Waals surface area contributed by atoms with Gasteiger partial charge in [-0.2, -0.15) is 0 Å². The lowest BCUT2D eigenvalue weighted by atomic mass is 10.5. The molecular formula is C2H8N2O2. The molecule has 0 aliphatic rings. The minimum atomic E-state index is -1.59. The predicted molar refractivity (Wildman–Crippen MR) is 20.4 cm³/mol. The molecule has 0 aromatic heterocycles. The average Bonchev–Trinajstić information content (AvgIpc) is 1.36. The number of aliphatic hydroxyl groups excluding tert-OH is 1. The van der Waals surface area contributed by atoms with Crippen LogP contribution in [-0.2, 0) is 0 Å². The summed E-state index contributed by atoms with van der Waals surface area (Å²) < 4.78 is 0. The Balaban J connectivity index is 2.99. The van der Waals surface area contributed by atoms with Crippen LogP contribution >= 0.6 is 0 Å². The maximum atomic E-state index is 7.94. The molecule has 0 fully saturated rings. The molecule has 0 atom stereocenters. The van der Waals surface area contributed by atoms with Gasteiger partial charge in [-0.15, -0.1) is 0 Å². The maximum absolute atomic E-state index is 7.94. The van der Waals surface area contributed by atoms with Crippen LogP contribution in [0.15, 0.2) is 0 Å². The lowest BCUT2D eigenvalue weighted by Gasteiger charge is -2.04. The molecule has 0 aromatic carbocycles. The van der Waals surface area contributed by atoms with Gasteiger partial charge in [-0.25, -0.2) is 0 Å². The normalized spacial score (nSPS) is 11.0. The fourth-order valence-corrected chi connectivity index (χ4v) is 0. The second kappa shape index (κ2) is 2.09. The van der Waals surface area contributed by atoms with Gasteiger partial charge in [0, 0.05) is 0 Å². The minimum Gasteiger partial charge on any atom is -0.366 e. The van der Waals surface area contributed by atoms with Crippen LogP contribution in [0.3, 0.4) is 0 Å². The molecule has 0 heterocycles. The van der Waals surface area contributed by atoms with Crippen LogP contribution in [0.4, 0.5) is 0 Å². The first-order valence-electron chi connectivity index (χ1n) is 1.52. The molecule has 6 N–H and O–H groups in total. The third-order valence-electron chi connectivity index (χ3n) is 0.344. The van der Waals surface area contributed by atoms with Crippen molar-refractivity contribution in [2.75, 3.05) is 0 Å². The van der Waals surface area contributed by atoms with Crippen molar-refractivity contribution in [2.45, 2.75) is 12.5 Å². The van der Waals surface area contributed by atoms with Crippen molar-refractivity contribution < 1.29 is 10.2 Å². The SMILES string of the molecule is NC(N)C(O)O. The van der Waals surface area contributed by atoms with Gasteiger partial charge in [0.2, 0.25) is 0 Å². The molecule has 0 radical (unpaired) electrons. The molecule has 0 aliphatic heterocycles. The van der Waals surface area contributed by atoms with Gasteiger partial charge in [-0.05, 0) is 0 Å². The molecule has 4 nitrogen and oxygen atoms in total. The van der Waals surface area contributed by atoms with Gasteiger partial charge in [0.1, 0.15) is 6.17 Å². The van der Waals surface area contributed by atoms with Crippen LogP contribution in [0, 0.1) is 0 Å². The van der Waals surface area contributed by atoms with Gasteiger partial charge < -0.3 is 21.7 Å². The molecule has 38 valence electrons. The zero-order valence-corrected chi connectivity index (χ0v) is 3.20. The van der Waals surface area contributed by atoms with Crippen molar-refractivity contribution in [2.24, 2.45) is 11.5 Å². The van der Waals surface area contributed by atoms with Gasteiger partial charge in [0.25, 0.3) is 0 Å². The lowest BCUT2D eigenvalue weighted by molar-refractivity contribution is -0.0565. The van der Waals surface area contributed by atoms with E-state index in [1.165, 1.54) is 0 Å². The van der Waals surface area contributed by atoms with Crippen LogP contribution in [0.25, 0.3) is 0 Å². The number of nitrogens with two attached hydrogens (primary N) is 2. The Morgan fingerprint density at radius 3 is 1.33 bits per heavy atom. The summed E-state index contributed by atoms with van der Waals surface area (Å²) >= 11 is 0. The second-order valence-corrected chi connectivity index (χ2v) is 0.991. The molecule has 0 rings (SSSR count). The number of aliphatic hydroxyl groups is 2. The van der Waals surface area contributed by atoms with Crippen LogP contribution in [-0.4, -0.2) is 22.7 Å². The third-order valence-corrected chi connectivity index (χ3v) is 0.344. The van der Waals surface area contributed by atoms with Crippen molar-refractivity contribution in [3.05, 3.63) is 0 Å². The molecule has 0 aromatic rings. The maximum Gasteiger partial charge on any atom is 0.180 e. The topological polar surface area (TPSA) is 92.5 Å². The molecule has 0 bridgehead atoms. The fraction of sp³-hybridized carbons (Fsp3) is 1.00. The zero-order valence-electron chi connectivity index (χ0n) is 3.20. The summed E-state index contributed by atoms with van der Waals surface area (Å²) in [5, 5.41) is 15.9. The molecule has 0 spiro atoms. The molecule has 0 saturated heterocycles. The highest BCUT2D eigenvalue weighted by Crippen LogP contribution is 1.68. The number of hydrogen-bond acceptors (Lipinski definition) is 4. The van der Waals surface area contributed by atoms with Crippen molar-refractivity contribution in [1.29, 1.82) is 0 Å². The van der Waals surface area contributed by atoms with E-state index in [4.69, 9.17) is 21.7 Å². The van der Waals surface area contributed by atoms with Gasteiger partial charge in [0.05, 0.1) is 0 Å². The first-order valence-corrected chi connectivity index (χ1v) is 1.52. The standard InChI is InChI=1S/C2H8N2O2/c3-1(4)2(5)6/h1-2,5-6H,3-4H2. The van der Waals surface area contributed by atoms with Crippen LogP contribution in [0.1, 0.15) is 0 Å². The predicted octanol–water partition coefficient (Wildman–Crippen LogP) is -2.46. The Kier molecular flexibility index (Phi) is 2.04. The van der Waals surface area contributed by atoms with E-state index in [1.54, 1.807) is 0 Å². The third kappa shape index (κ3) is 2.10. The lowest BCUT2D eigenvalue weighted by Crippen LogP contribution is -2.42. The van der Waals surface area contributed by atoms with Crippen LogP contribution in [0.2, 0.25) is 0 Å². The summed E-state index contributed by atoms with van der Waals surface area (Å²) in [6.45, 7) is 0. The number of hydrogen-bond donors (Lipinski definition) is 4. The molecule has 6 heavy (non-hydrogen) atoms. The highest BCUT2D eigenvalue weighted by atomic mass is 16.5. The van der Waals surface area contributed by atoms with Crippen molar-refractivity contribution in [3.63, 3.8) is 0 Å². The van der Waals surface area contributed by atoms with E-state index in [0.717, 1.165) is 0 Å². The molecule has 0 unspecified atom stereocenters. The van der Waals surface area contributed by atoms with Gasteiger partial charge in [-0.3, -0.25) is 0 Å². The van der Waals surface area contributed by atoms with E-state index < -0.39 is 12.5 Å². The summed E-state index contributed by atoms with van der Waals surface area (Å²) in [5.41, 5.74) is 9.43. The molecule has 0 saturated carbocycles. The van der Waals surface area contributed by atoms with Crippen molar-refractivity contribution in [1.82, 2.24) is 0 Å². The Labute approximate surface area is 35.4 Å². The molecule has 0 aliphatic carbocycles. The van der Waals surface area contributed by atoms with E-state index >= 15 is 0 Å². The van der Waals surface area contributed by atoms with E-state index in [1.807, 2.05) is 0 Å². The number of rotatable bonds is 1. The second-order valence-electron chi connectivity index (χ2n) is 0.991. The van der Waals surface area contributed by atoms with E-state index in [0.29, 0.717) is 0 Å². The van der Waals surface area contributed by atoms with Crippen LogP contribution < -0.4 is 11.5 Å². The first kappa shape index (κ1) is 5.84. The van der Waals surface area contributed by atoms with Crippen molar-refractivity contribution in [3.8, 4) is 0 Å².